The molecule has 0 spiro atoms. The van der Waals surface area contributed by atoms with Crippen LogP contribution in [-0.2, 0) is 11.3 Å². The number of amides is 1. The fraction of sp³-hybridized carbons (Fsp3) is 0.474. The van der Waals surface area contributed by atoms with Gasteiger partial charge in [-0.2, -0.15) is 5.10 Å². The number of aryl methyl sites for hydroxylation is 1. The number of aliphatic hydroxyl groups is 1. The maximum absolute atomic E-state index is 12.3. The summed E-state index contributed by atoms with van der Waals surface area (Å²) in [4.78, 5) is 14.3. The van der Waals surface area contributed by atoms with Gasteiger partial charge < -0.3 is 10.4 Å². The van der Waals surface area contributed by atoms with Crippen LogP contribution in [-0.4, -0.2) is 51.4 Å². The zero-order valence-corrected chi connectivity index (χ0v) is 14.9. The topological polar surface area (TPSA) is 70.4 Å². The smallest absolute Gasteiger partial charge is 0.234 e. The second-order valence-corrected chi connectivity index (χ2v) is 6.62. The molecule has 1 aliphatic heterocycles. The zero-order chi connectivity index (χ0) is 17.8. The lowest BCUT2D eigenvalue weighted by Crippen LogP contribution is -2.41. The number of hydrogen-bond acceptors (Lipinski definition) is 4. The maximum Gasteiger partial charge on any atom is 0.234 e. The first kappa shape index (κ1) is 17.6. The van der Waals surface area contributed by atoms with Gasteiger partial charge in [0, 0.05) is 23.8 Å². The quantitative estimate of drug-likeness (QED) is 0.836. The van der Waals surface area contributed by atoms with Crippen molar-refractivity contribution in [2.24, 2.45) is 0 Å². The molecule has 0 saturated carbocycles. The fourth-order valence-corrected chi connectivity index (χ4v) is 3.49. The third kappa shape index (κ3) is 3.91. The van der Waals surface area contributed by atoms with Crippen molar-refractivity contribution in [2.45, 2.75) is 39.3 Å². The second-order valence-electron chi connectivity index (χ2n) is 6.62. The van der Waals surface area contributed by atoms with Crippen LogP contribution < -0.4 is 5.32 Å². The van der Waals surface area contributed by atoms with Crippen molar-refractivity contribution in [3.8, 4) is 5.69 Å². The number of aromatic nitrogens is 2. The molecule has 2 N–H and O–H groups in total. The molecule has 1 aromatic carbocycles. The van der Waals surface area contributed by atoms with Gasteiger partial charge in [0.25, 0.3) is 0 Å². The molecule has 1 saturated heterocycles. The number of benzene rings is 1. The van der Waals surface area contributed by atoms with Crippen LogP contribution >= 0.6 is 0 Å². The lowest BCUT2D eigenvalue weighted by Gasteiger charge is -2.21. The molecule has 0 unspecified atom stereocenters. The molecule has 6 nitrogen and oxygen atoms in total. The van der Waals surface area contributed by atoms with E-state index in [2.05, 4.69) is 15.3 Å². The van der Waals surface area contributed by atoms with Gasteiger partial charge in [-0.3, -0.25) is 9.69 Å². The van der Waals surface area contributed by atoms with E-state index in [1.165, 1.54) is 0 Å². The Morgan fingerprint density at radius 1 is 1.32 bits per heavy atom. The van der Waals surface area contributed by atoms with Gasteiger partial charge in [-0.05, 0) is 45.4 Å². The van der Waals surface area contributed by atoms with Gasteiger partial charge in [0.1, 0.15) is 0 Å². The summed E-state index contributed by atoms with van der Waals surface area (Å²) in [6.07, 6.45) is 2.01. The predicted molar refractivity (Wildman–Crippen MR) is 96.6 cm³/mol. The molecular formula is C19H26N4O2. The first-order chi connectivity index (χ1) is 12.1. The first-order valence-corrected chi connectivity index (χ1v) is 8.82. The molecule has 1 amide bonds. The third-order valence-electron chi connectivity index (χ3n) is 4.96. The van der Waals surface area contributed by atoms with Crippen LogP contribution in [0.25, 0.3) is 5.69 Å². The van der Waals surface area contributed by atoms with Crippen molar-refractivity contribution in [3.05, 3.63) is 47.3 Å². The van der Waals surface area contributed by atoms with Crippen molar-refractivity contribution in [3.63, 3.8) is 0 Å². The van der Waals surface area contributed by atoms with E-state index in [9.17, 15) is 9.90 Å². The van der Waals surface area contributed by atoms with Crippen molar-refractivity contribution in [1.29, 1.82) is 0 Å². The minimum absolute atomic E-state index is 0.00777. The highest BCUT2D eigenvalue weighted by Gasteiger charge is 2.25. The Labute approximate surface area is 148 Å². The predicted octanol–water partition coefficient (Wildman–Crippen LogP) is 1.56. The highest BCUT2D eigenvalue weighted by Crippen LogP contribution is 2.18. The molecule has 134 valence electrons. The van der Waals surface area contributed by atoms with Crippen LogP contribution in [0, 0.1) is 13.8 Å². The van der Waals surface area contributed by atoms with Crippen LogP contribution in [0.4, 0.5) is 0 Å². The standard InChI is InChI=1S/C19H26N4O2/c1-14-18(15(2)23(21-14)16-7-4-3-5-8-16)11-20-19(25)12-22-10-6-9-17(22)13-24/h3-5,7-8,17,24H,6,9-13H2,1-2H3,(H,20,25)/t17-/m1/s1. The molecule has 3 rings (SSSR count). The number of aliphatic hydroxyl groups excluding tert-OH is 1. The molecule has 25 heavy (non-hydrogen) atoms. The number of para-hydroxylation sites is 1. The minimum atomic E-state index is -0.00777. The Morgan fingerprint density at radius 2 is 2.08 bits per heavy atom. The lowest BCUT2D eigenvalue weighted by atomic mass is 10.2. The van der Waals surface area contributed by atoms with E-state index in [0.717, 1.165) is 42.0 Å². The summed E-state index contributed by atoms with van der Waals surface area (Å²) in [6.45, 7) is 5.81. The molecule has 1 aliphatic rings. The molecule has 6 heteroatoms. The number of rotatable bonds is 6. The average Bonchev–Trinajstić information content (AvgIpc) is 3.18. The molecule has 2 aromatic rings. The highest BCUT2D eigenvalue weighted by molar-refractivity contribution is 5.78. The van der Waals surface area contributed by atoms with Gasteiger partial charge in [-0.25, -0.2) is 4.68 Å². The number of nitrogens with zero attached hydrogens (tertiary/aromatic N) is 3. The van der Waals surface area contributed by atoms with Crippen LogP contribution in [0.5, 0.6) is 0 Å². The third-order valence-corrected chi connectivity index (χ3v) is 4.96. The minimum Gasteiger partial charge on any atom is -0.395 e. The van der Waals surface area contributed by atoms with E-state index in [1.807, 2.05) is 48.9 Å². The molecule has 0 aliphatic carbocycles. The first-order valence-electron chi connectivity index (χ1n) is 8.82. The van der Waals surface area contributed by atoms with Gasteiger partial charge >= 0.3 is 0 Å². The number of likely N-dealkylation sites (tertiary alicyclic amines) is 1. The fourth-order valence-electron chi connectivity index (χ4n) is 3.49. The maximum atomic E-state index is 12.3. The molecule has 1 aromatic heterocycles. The Bertz CT molecular complexity index is 727. The van der Waals surface area contributed by atoms with E-state index in [4.69, 9.17) is 0 Å². The monoisotopic (exact) mass is 342 g/mol. The summed E-state index contributed by atoms with van der Waals surface area (Å²) in [6, 6.07) is 10.1. The van der Waals surface area contributed by atoms with Gasteiger partial charge in [0.15, 0.2) is 0 Å². The number of carbonyl (C=O) groups excluding carboxylic acids is 1. The summed E-state index contributed by atoms with van der Waals surface area (Å²) in [7, 11) is 0. The van der Waals surface area contributed by atoms with Gasteiger partial charge in [-0.15, -0.1) is 0 Å². The van der Waals surface area contributed by atoms with Crippen LogP contribution in [0.1, 0.15) is 29.8 Å². The summed E-state index contributed by atoms with van der Waals surface area (Å²) in [5.74, 6) is -0.00777. The molecule has 1 atom stereocenters. The van der Waals surface area contributed by atoms with Gasteiger partial charge in [-0.1, -0.05) is 18.2 Å². The lowest BCUT2D eigenvalue weighted by molar-refractivity contribution is -0.122. The van der Waals surface area contributed by atoms with Crippen LogP contribution in [0.15, 0.2) is 30.3 Å². The van der Waals surface area contributed by atoms with E-state index in [0.29, 0.717) is 13.1 Å². The van der Waals surface area contributed by atoms with E-state index >= 15 is 0 Å². The number of nitrogens with one attached hydrogen (secondary N) is 1. The molecule has 0 bridgehead atoms. The zero-order valence-electron chi connectivity index (χ0n) is 14.9. The molecule has 1 fully saturated rings. The van der Waals surface area contributed by atoms with E-state index in [-0.39, 0.29) is 18.6 Å². The average molecular weight is 342 g/mol. The number of carbonyl (C=O) groups is 1. The number of hydrogen-bond donors (Lipinski definition) is 2. The Balaban J connectivity index is 1.63. The Kier molecular flexibility index (Phi) is 5.50. The Morgan fingerprint density at radius 3 is 2.80 bits per heavy atom. The van der Waals surface area contributed by atoms with E-state index in [1.54, 1.807) is 0 Å². The largest absolute Gasteiger partial charge is 0.395 e. The van der Waals surface area contributed by atoms with Gasteiger partial charge in [0.2, 0.25) is 5.91 Å². The van der Waals surface area contributed by atoms with Crippen molar-refractivity contribution >= 4 is 5.91 Å². The van der Waals surface area contributed by atoms with Crippen molar-refractivity contribution in [2.75, 3.05) is 19.7 Å². The Hall–Kier alpha value is -2.18. The van der Waals surface area contributed by atoms with Crippen molar-refractivity contribution < 1.29 is 9.90 Å². The second kappa shape index (κ2) is 7.80. The highest BCUT2D eigenvalue weighted by atomic mass is 16.3. The van der Waals surface area contributed by atoms with Crippen LogP contribution in [0.2, 0.25) is 0 Å². The van der Waals surface area contributed by atoms with Gasteiger partial charge in [0.05, 0.1) is 24.5 Å². The summed E-state index contributed by atoms with van der Waals surface area (Å²) in [5, 5.41) is 17.0. The van der Waals surface area contributed by atoms with Crippen molar-refractivity contribution in [1.82, 2.24) is 20.0 Å². The molecular weight excluding hydrogens is 316 g/mol. The SMILES string of the molecule is Cc1nn(-c2ccccc2)c(C)c1CNC(=O)CN1CCC[C@@H]1CO. The molecule has 0 radical (unpaired) electrons. The van der Waals surface area contributed by atoms with E-state index < -0.39 is 0 Å². The molecule has 2 heterocycles. The summed E-state index contributed by atoms with van der Waals surface area (Å²) >= 11 is 0. The normalized spacial score (nSPS) is 17.8. The van der Waals surface area contributed by atoms with Crippen LogP contribution in [0.3, 0.4) is 0 Å². The summed E-state index contributed by atoms with van der Waals surface area (Å²) < 4.78 is 1.92. The summed E-state index contributed by atoms with van der Waals surface area (Å²) in [5.41, 5.74) is 4.04.